The van der Waals surface area contributed by atoms with Crippen molar-refractivity contribution in [3.05, 3.63) is 0 Å². The molecule has 0 aromatic heterocycles. The van der Waals surface area contributed by atoms with Crippen molar-refractivity contribution >= 4 is 0 Å². The van der Waals surface area contributed by atoms with Gasteiger partial charge in [0.15, 0.2) is 12.6 Å². The van der Waals surface area contributed by atoms with E-state index in [4.69, 9.17) is 18.9 Å². The van der Waals surface area contributed by atoms with Gasteiger partial charge in [-0.05, 0) is 31.6 Å². The Bertz CT molecular complexity index is 361. The SMILES string of the molecule is CO[C@@H]1O[C@H](C)[C@@H](O[C@@H]2O[C@H](C)C(C)[C@H](C)[C@H]2C)[C@H](C)[C@@H]1C. The van der Waals surface area contributed by atoms with Crippen LogP contribution in [0.4, 0.5) is 0 Å². The van der Waals surface area contributed by atoms with Crippen molar-refractivity contribution < 1.29 is 18.9 Å². The minimum Gasteiger partial charge on any atom is -0.356 e. The molecule has 2 heterocycles. The van der Waals surface area contributed by atoms with E-state index in [0.717, 1.165) is 0 Å². The summed E-state index contributed by atoms with van der Waals surface area (Å²) < 4.78 is 24.0. The monoisotopic (exact) mass is 314 g/mol. The maximum absolute atomic E-state index is 6.42. The van der Waals surface area contributed by atoms with Gasteiger partial charge in [0.2, 0.25) is 0 Å². The molecule has 0 aromatic carbocycles. The molecule has 1 unspecified atom stereocenters. The topological polar surface area (TPSA) is 36.9 Å². The molecule has 2 aliphatic rings. The number of ether oxygens (including phenoxy) is 4. The Morgan fingerprint density at radius 3 is 1.73 bits per heavy atom. The molecule has 130 valence electrons. The van der Waals surface area contributed by atoms with Gasteiger partial charge in [-0.15, -0.1) is 0 Å². The summed E-state index contributed by atoms with van der Waals surface area (Å²) in [6.07, 6.45) is -0.00699. The summed E-state index contributed by atoms with van der Waals surface area (Å²) in [5.41, 5.74) is 0. The van der Waals surface area contributed by atoms with Gasteiger partial charge < -0.3 is 18.9 Å². The van der Waals surface area contributed by atoms with Crippen molar-refractivity contribution in [2.24, 2.45) is 29.6 Å². The maximum Gasteiger partial charge on any atom is 0.161 e. The molecule has 2 fully saturated rings. The van der Waals surface area contributed by atoms with Gasteiger partial charge in [0.05, 0.1) is 18.3 Å². The van der Waals surface area contributed by atoms with Crippen LogP contribution in [0.25, 0.3) is 0 Å². The van der Waals surface area contributed by atoms with Crippen LogP contribution in [0.15, 0.2) is 0 Å². The van der Waals surface area contributed by atoms with Crippen LogP contribution in [-0.4, -0.2) is 38.0 Å². The number of hydrogen-bond acceptors (Lipinski definition) is 4. The molecule has 2 aliphatic heterocycles. The third-order valence-corrected chi connectivity index (χ3v) is 6.29. The Balaban J connectivity index is 2.06. The molecular weight excluding hydrogens is 280 g/mol. The Labute approximate surface area is 135 Å². The average Bonchev–Trinajstić information content (AvgIpc) is 2.49. The molecule has 0 spiro atoms. The summed E-state index contributed by atoms with van der Waals surface area (Å²) in [6.45, 7) is 15.4. The molecule has 2 saturated heterocycles. The average molecular weight is 314 g/mol. The molecule has 0 N–H and O–H groups in total. The van der Waals surface area contributed by atoms with E-state index < -0.39 is 0 Å². The maximum atomic E-state index is 6.42. The van der Waals surface area contributed by atoms with E-state index in [1.54, 1.807) is 7.11 Å². The molecule has 4 heteroatoms. The van der Waals surface area contributed by atoms with Gasteiger partial charge in [0.1, 0.15) is 0 Å². The van der Waals surface area contributed by atoms with Crippen molar-refractivity contribution in [1.82, 2.24) is 0 Å². The highest BCUT2D eigenvalue weighted by Gasteiger charge is 2.44. The fourth-order valence-corrected chi connectivity index (χ4v) is 3.82. The first-order chi connectivity index (χ1) is 10.3. The van der Waals surface area contributed by atoms with Crippen LogP contribution in [0.2, 0.25) is 0 Å². The lowest BCUT2D eigenvalue weighted by Crippen LogP contribution is -2.54. The van der Waals surface area contributed by atoms with E-state index in [9.17, 15) is 0 Å². The standard InChI is InChI=1S/C18H34O4/c1-9-10(2)14(6)20-18(12(9)4)22-16-11(3)13(5)17(19-8)21-15(16)7/h9-18H,1-8H3/t9-,10?,11+,12+,13-,14+,15+,16-,17+,18-/m0/s1. The Morgan fingerprint density at radius 2 is 1.14 bits per heavy atom. The molecule has 2 rings (SSSR count). The third kappa shape index (κ3) is 3.35. The molecule has 0 radical (unpaired) electrons. The predicted octanol–water partition coefficient (Wildman–Crippen LogP) is 3.69. The second-order valence-electron chi connectivity index (χ2n) is 7.55. The second kappa shape index (κ2) is 7.16. The van der Waals surface area contributed by atoms with E-state index in [2.05, 4.69) is 48.5 Å². The molecule has 0 saturated carbocycles. The van der Waals surface area contributed by atoms with Crippen molar-refractivity contribution in [2.45, 2.75) is 79.4 Å². The van der Waals surface area contributed by atoms with Crippen LogP contribution in [0.1, 0.15) is 48.5 Å². The second-order valence-corrected chi connectivity index (χ2v) is 7.55. The van der Waals surface area contributed by atoms with Crippen molar-refractivity contribution in [3.8, 4) is 0 Å². The molecule has 0 amide bonds. The zero-order valence-electron chi connectivity index (χ0n) is 15.4. The summed E-state index contributed by atoms with van der Waals surface area (Å²) >= 11 is 0. The summed E-state index contributed by atoms with van der Waals surface area (Å²) in [5, 5.41) is 0. The Morgan fingerprint density at radius 1 is 0.591 bits per heavy atom. The molecular formula is C18H34O4. The zero-order valence-corrected chi connectivity index (χ0v) is 15.4. The molecule has 10 atom stereocenters. The van der Waals surface area contributed by atoms with Crippen LogP contribution >= 0.6 is 0 Å². The number of rotatable bonds is 3. The number of methoxy groups -OCH3 is 1. The van der Waals surface area contributed by atoms with E-state index in [1.165, 1.54) is 0 Å². The zero-order chi connectivity index (χ0) is 16.6. The first-order valence-corrected chi connectivity index (χ1v) is 8.77. The lowest BCUT2D eigenvalue weighted by molar-refractivity contribution is -0.316. The highest BCUT2D eigenvalue weighted by atomic mass is 16.7. The Hall–Kier alpha value is -0.160. The van der Waals surface area contributed by atoms with Gasteiger partial charge in [-0.1, -0.05) is 34.6 Å². The smallest absolute Gasteiger partial charge is 0.161 e. The fraction of sp³-hybridized carbons (Fsp3) is 1.00. The third-order valence-electron chi connectivity index (χ3n) is 6.29. The van der Waals surface area contributed by atoms with Gasteiger partial charge in [0, 0.05) is 18.9 Å². The van der Waals surface area contributed by atoms with Gasteiger partial charge in [-0.2, -0.15) is 0 Å². The first kappa shape index (κ1) is 18.2. The lowest BCUT2D eigenvalue weighted by Gasteiger charge is -2.48. The quantitative estimate of drug-likeness (QED) is 0.796. The van der Waals surface area contributed by atoms with E-state index in [1.807, 2.05) is 0 Å². The fourth-order valence-electron chi connectivity index (χ4n) is 3.82. The highest BCUT2D eigenvalue weighted by Crippen LogP contribution is 2.39. The van der Waals surface area contributed by atoms with E-state index in [-0.39, 0.29) is 30.9 Å². The van der Waals surface area contributed by atoms with Crippen LogP contribution < -0.4 is 0 Å². The molecule has 0 aliphatic carbocycles. The van der Waals surface area contributed by atoms with Crippen LogP contribution in [0, 0.1) is 29.6 Å². The normalized spacial score (nSPS) is 53.5. The van der Waals surface area contributed by atoms with E-state index in [0.29, 0.717) is 29.6 Å². The van der Waals surface area contributed by atoms with Crippen LogP contribution in [-0.2, 0) is 18.9 Å². The highest BCUT2D eigenvalue weighted by molar-refractivity contribution is 4.87. The molecule has 0 aromatic rings. The predicted molar refractivity (Wildman–Crippen MR) is 86.4 cm³/mol. The van der Waals surface area contributed by atoms with Crippen molar-refractivity contribution in [2.75, 3.05) is 7.11 Å². The van der Waals surface area contributed by atoms with Gasteiger partial charge in [-0.3, -0.25) is 0 Å². The largest absolute Gasteiger partial charge is 0.356 e. The summed E-state index contributed by atoms with van der Waals surface area (Å²) in [4.78, 5) is 0. The molecule has 0 bridgehead atoms. The number of hydrogen-bond donors (Lipinski definition) is 0. The minimum atomic E-state index is -0.147. The van der Waals surface area contributed by atoms with Crippen molar-refractivity contribution in [3.63, 3.8) is 0 Å². The first-order valence-electron chi connectivity index (χ1n) is 8.77. The van der Waals surface area contributed by atoms with Gasteiger partial charge >= 0.3 is 0 Å². The summed E-state index contributed by atoms with van der Waals surface area (Å²) in [5.74, 6) is 2.21. The lowest BCUT2D eigenvalue weighted by atomic mass is 9.79. The van der Waals surface area contributed by atoms with Gasteiger partial charge in [0.25, 0.3) is 0 Å². The van der Waals surface area contributed by atoms with Crippen LogP contribution in [0.5, 0.6) is 0 Å². The van der Waals surface area contributed by atoms with Crippen LogP contribution in [0.3, 0.4) is 0 Å². The van der Waals surface area contributed by atoms with Crippen molar-refractivity contribution in [1.29, 1.82) is 0 Å². The minimum absolute atomic E-state index is 0.0110. The Kier molecular flexibility index (Phi) is 5.92. The van der Waals surface area contributed by atoms with E-state index >= 15 is 0 Å². The molecule has 22 heavy (non-hydrogen) atoms. The summed E-state index contributed by atoms with van der Waals surface area (Å²) in [6, 6.07) is 0. The van der Waals surface area contributed by atoms with Gasteiger partial charge in [-0.25, -0.2) is 0 Å². The summed E-state index contributed by atoms with van der Waals surface area (Å²) in [7, 11) is 1.71. The molecule has 4 nitrogen and oxygen atoms in total.